The standard InChI is InChI=1S/C13H13Cl2N3OS/c1-8-17-10(7-20-8)5-13(16)18-19-6-9-2-3-11(14)12(15)4-9/h2-4,7H,5-6H2,1H3,(H2,16,18). The highest BCUT2D eigenvalue weighted by atomic mass is 35.5. The number of nitrogens with two attached hydrogens (primary N) is 1. The predicted molar refractivity (Wildman–Crippen MR) is 83.4 cm³/mol. The fourth-order valence-corrected chi connectivity index (χ4v) is 2.46. The van der Waals surface area contributed by atoms with Gasteiger partial charge in [0.25, 0.3) is 0 Å². The van der Waals surface area contributed by atoms with Gasteiger partial charge in [0, 0.05) is 5.38 Å². The fraction of sp³-hybridized carbons (Fsp3) is 0.231. The molecule has 0 saturated carbocycles. The van der Waals surface area contributed by atoms with E-state index in [1.54, 1.807) is 23.5 Å². The topological polar surface area (TPSA) is 60.5 Å². The van der Waals surface area contributed by atoms with Crippen LogP contribution >= 0.6 is 34.5 Å². The normalized spacial score (nSPS) is 11.7. The van der Waals surface area contributed by atoms with Gasteiger partial charge in [0.1, 0.15) is 12.4 Å². The maximum absolute atomic E-state index is 5.91. The number of hydrogen-bond donors (Lipinski definition) is 1. The van der Waals surface area contributed by atoms with Crippen LogP contribution in [0.2, 0.25) is 10.0 Å². The molecule has 0 unspecified atom stereocenters. The Hall–Kier alpha value is -1.30. The molecule has 2 N–H and O–H groups in total. The van der Waals surface area contributed by atoms with Gasteiger partial charge in [-0.05, 0) is 24.6 Å². The van der Waals surface area contributed by atoms with Crippen LogP contribution in [0.1, 0.15) is 16.3 Å². The van der Waals surface area contributed by atoms with Crippen LogP contribution in [0.15, 0.2) is 28.7 Å². The molecule has 0 bridgehead atoms. The SMILES string of the molecule is Cc1nc(C/C(N)=N/OCc2ccc(Cl)c(Cl)c2)cs1. The molecule has 0 radical (unpaired) electrons. The molecule has 0 spiro atoms. The molecule has 2 aromatic rings. The van der Waals surface area contributed by atoms with Crippen molar-refractivity contribution in [1.82, 2.24) is 4.98 Å². The van der Waals surface area contributed by atoms with Crippen LogP contribution in [-0.4, -0.2) is 10.8 Å². The molecule has 2 rings (SSSR count). The summed E-state index contributed by atoms with van der Waals surface area (Å²) in [4.78, 5) is 9.50. The van der Waals surface area contributed by atoms with E-state index in [4.69, 9.17) is 33.8 Å². The van der Waals surface area contributed by atoms with Gasteiger partial charge in [-0.15, -0.1) is 11.3 Å². The number of aromatic nitrogens is 1. The van der Waals surface area contributed by atoms with Gasteiger partial charge in [-0.3, -0.25) is 0 Å². The summed E-state index contributed by atoms with van der Waals surface area (Å²) in [6, 6.07) is 5.27. The third-order valence-corrected chi connectivity index (χ3v) is 3.99. The monoisotopic (exact) mass is 329 g/mol. The number of oxime groups is 1. The van der Waals surface area contributed by atoms with E-state index in [9.17, 15) is 0 Å². The highest BCUT2D eigenvalue weighted by molar-refractivity contribution is 7.09. The van der Waals surface area contributed by atoms with Crippen LogP contribution in [0.3, 0.4) is 0 Å². The molecule has 0 aliphatic carbocycles. The van der Waals surface area contributed by atoms with Crippen molar-refractivity contribution in [3.63, 3.8) is 0 Å². The molecule has 0 aliphatic rings. The largest absolute Gasteiger partial charge is 0.390 e. The minimum atomic E-state index is 0.285. The summed E-state index contributed by atoms with van der Waals surface area (Å²) in [5.74, 6) is 0.385. The van der Waals surface area contributed by atoms with Crippen molar-refractivity contribution in [1.29, 1.82) is 0 Å². The summed E-state index contributed by atoms with van der Waals surface area (Å²) in [7, 11) is 0. The second-order valence-electron chi connectivity index (χ2n) is 4.14. The summed E-state index contributed by atoms with van der Waals surface area (Å²) in [6.07, 6.45) is 0.478. The van der Waals surface area contributed by atoms with E-state index in [2.05, 4.69) is 10.1 Å². The molecule has 0 saturated heterocycles. The molecule has 0 fully saturated rings. The highest BCUT2D eigenvalue weighted by Crippen LogP contribution is 2.22. The summed E-state index contributed by atoms with van der Waals surface area (Å²) in [5, 5.41) is 7.82. The van der Waals surface area contributed by atoms with Gasteiger partial charge in [-0.1, -0.05) is 34.4 Å². The molecule has 7 heteroatoms. The van der Waals surface area contributed by atoms with Crippen molar-refractivity contribution in [2.75, 3.05) is 0 Å². The van der Waals surface area contributed by atoms with Gasteiger partial charge >= 0.3 is 0 Å². The zero-order chi connectivity index (χ0) is 14.5. The first-order valence-electron chi connectivity index (χ1n) is 5.84. The number of amidine groups is 1. The molecule has 1 heterocycles. The Balaban J connectivity index is 1.87. The summed E-state index contributed by atoms with van der Waals surface area (Å²) >= 11 is 13.3. The minimum absolute atomic E-state index is 0.285. The average molecular weight is 330 g/mol. The van der Waals surface area contributed by atoms with Crippen molar-refractivity contribution in [2.24, 2.45) is 10.9 Å². The Morgan fingerprint density at radius 1 is 1.40 bits per heavy atom. The van der Waals surface area contributed by atoms with Crippen LogP contribution in [0.4, 0.5) is 0 Å². The number of halogens is 2. The third kappa shape index (κ3) is 4.37. The van der Waals surface area contributed by atoms with Crippen molar-refractivity contribution < 1.29 is 4.84 Å². The molecule has 0 amide bonds. The molecule has 0 aliphatic heterocycles. The summed E-state index contributed by atoms with van der Waals surface area (Å²) in [5.41, 5.74) is 7.55. The minimum Gasteiger partial charge on any atom is -0.390 e. The number of thiazole rings is 1. The van der Waals surface area contributed by atoms with Crippen LogP contribution in [0.25, 0.3) is 0 Å². The molecule has 1 aromatic carbocycles. The van der Waals surface area contributed by atoms with E-state index in [1.807, 2.05) is 18.4 Å². The van der Waals surface area contributed by atoms with Gasteiger partial charge in [-0.2, -0.15) is 0 Å². The maximum Gasteiger partial charge on any atom is 0.145 e. The van der Waals surface area contributed by atoms with Gasteiger partial charge in [-0.25, -0.2) is 4.98 Å². The van der Waals surface area contributed by atoms with Gasteiger partial charge in [0.2, 0.25) is 0 Å². The maximum atomic E-state index is 5.91. The Kier molecular flexibility index (Phi) is 5.23. The van der Waals surface area contributed by atoms with Crippen molar-refractivity contribution in [3.05, 3.63) is 49.9 Å². The Bertz CT molecular complexity index is 628. The van der Waals surface area contributed by atoms with Crippen molar-refractivity contribution in [2.45, 2.75) is 20.0 Å². The second kappa shape index (κ2) is 6.92. The lowest BCUT2D eigenvalue weighted by Crippen LogP contribution is -2.15. The lowest BCUT2D eigenvalue weighted by Gasteiger charge is -2.03. The van der Waals surface area contributed by atoms with Gasteiger partial charge < -0.3 is 10.6 Å². The fourth-order valence-electron chi connectivity index (χ4n) is 1.53. The van der Waals surface area contributed by atoms with Crippen molar-refractivity contribution >= 4 is 40.4 Å². The van der Waals surface area contributed by atoms with Crippen molar-refractivity contribution in [3.8, 4) is 0 Å². The zero-order valence-corrected chi connectivity index (χ0v) is 13.1. The number of nitrogens with zero attached hydrogens (tertiary/aromatic N) is 2. The van der Waals surface area contributed by atoms with E-state index in [1.165, 1.54) is 0 Å². The quantitative estimate of drug-likeness (QED) is 0.515. The van der Waals surface area contributed by atoms with E-state index >= 15 is 0 Å². The van der Waals surface area contributed by atoms with Crippen LogP contribution in [0, 0.1) is 6.92 Å². The lowest BCUT2D eigenvalue weighted by molar-refractivity contribution is 0.129. The molecular weight excluding hydrogens is 317 g/mol. The molecule has 4 nitrogen and oxygen atoms in total. The smallest absolute Gasteiger partial charge is 0.145 e. The first kappa shape index (κ1) is 15.1. The summed E-state index contributed by atoms with van der Waals surface area (Å²) in [6.45, 7) is 2.23. The van der Waals surface area contributed by atoms with E-state index in [-0.39, 0.29) is 6.61 Å². The molecule has 20 heavy (non-hydrogen) atoms. The Morgan fingerprint density at radius 2 is 2.20 bits per heavy atom. The number of benzene rings is 1. The van der Waals surface area contributed by atoms with Gasteiger partial charge in [0.05, 0.1) is 27.2 Å². The van der Waals surface area contributed by atoms with Crippen LogP contribution in [0.5, 0.6) is 0 Å². The Morgan fingerprint density at radius 3 is 2.85 bits per heavy atom. The average Bonchev–Trinajstić information content (AvgIpc) is 2.79. The third-order valence-electron chi connectivity index (χ3n) is 2.43. The number of aryl methyl sites for hydroxylation is 1. The molecule has 0 atom stereocenters. The first-order valence-corrected chi connectivity index (χ1v) is 7.47. The lowest BCUT2D eigenvalue weighted by atomic mass is 10.2. The Labute approximate surface area is 131 Å². The molecule has 1 aromatic heterocycles. The van der Waals surface area contributed by atoms with Crippen LogP contribution < -0.4 is 5.73 Å². The molecule has 106 valence electrons. The zero-order valence-electron chi connectivity index (χ0n) is 10.8. The van der Waals surface area contributed by atoms with E-state index in [0.29, 0.717) is 22.3 Å². The number of rotatable bonds is 5. The molecular formula is C13H13Cl2N3OS. The number of hydrogen-bond acceptors (Lipinski definition) is 4. The highest BCUT2D eigenvalue weighted by Gasteiger charge is 2.03. The van der Waals surface area contributed by atoms with Crippen LogP contribution in [-0.2, 0) is 17.9 Å². The summed E-state index contributed by atoms with van der Waals surface area (Å²) < 4.78 is 0. The predicted octanol–water partition coefficient (Wildman–Crippen LogP) is 3.79. The second-order valence-corrected chi connectivity index (χ2v) is 6.02. The van der Waals surface area contributed by atoms with E-state index < -0.39 is 0 Å². The van der Waals surface area contributed by atoms with E-state index in [0.717, 1.165) is 16.3 Å². The first-order chi connectivity index (χ1) is 9.54. The van der Waals surface area contributed by atoms with Gasteiger partial charge in [0.15, 0.2) is 0 Å².